The van der Waals surface area contributed by atoms with Gasteiger partial charge in [0.25, 0.3) is 0 Å². The van der Waals surface area contributed by atoms with Crippen LogP contribution in [0.1, 0.15) is 156 Å². The summed E-state index contributed by atoms with van der Waals surface area (Å²) in [6.45, 7) is 35.9. The molecule has 0 aromatic heterocycles. The topological polar surface area (TPSA) is 136 Å². The fourth-order valence-electron chi connectivity index (χ4n) is 7.84. The van der Waals surface area contributed by atoms with Gasteiger partial charge in [0.05, 0.1) is 31.0 Å². The summed E-state index contributed by atoms with van der Waals surface area (Å²) in [6, 6.07) is 0. The monoisotopic (exact) mass is 729 g/mol. The van der Waals surface area contributed by atoms with Crippen molar-refractivity contribution in [3.05, 3.63) is 0 Å². The van der Waals surface area contributed by atoms with Gasteiger partial charge in [0.15, 0.2) is 11.6 Å². The van der Waals surface area contributed by atoms with Crippen LogP contribution in [0.4, 0.5) is 0 Å². The van der Waals surface area contributed by atoms with E-state index in [1.165, 1.54) is 0 Å². The number of amides is 2. The summed E-state index contributed by atoms with van der Waals surface area (Å²) in [6.07, 6.45) is 3.83. The lowest BCUT2D eigenvalue weighted by molar-refractivity contribution is -0.188. The summed E-state index contributed by atoms with van der Waals surface area (Å²) in [4.78, 5) is 25.5. The van der Waals surface area contributed by atoms with Crippen LogP contribution in [-0.2, 0) is 28.5 Å². The smallest absolute Gasteiger partial charge is 0.220 e. The first-order valence-electron chi connectivity index (χ1n) is 19.4. The second-order valence-electron chi connectivity index (χ2n) is 20.7. The molecule has 0 aliphatic carbocycles. The molecule has 2 fully saturated rings. The maximum atomic E-state index is 12.7. The highest BCUT2D eigenvalue weighted by molar-refractivity contribution is 5.76. The van der Waals surface area contributed by atoms with E-state index >= 15 is 0 Å². The maximum absolute atomic E-state index is 12.7. The van der Waals surface area contributed by atoms with E-state index in [4.69, 9.17) is 29.2 Å². The van der Waals surface area contributed by atoms with E-state index in [-0.39, 0.29) is 64.1 Å². The first-order chi connectivity index (χ1) is 22.9. The third kappa shape index (κ3) is 20.1. The summed E-state index contributed by atoms with van der Waals surface area (Å²) in [5, 5.41) is 23.3. The molecule has 0 bridgehead atoms. The Kier molecular flexibility index (Phi) is 17.6. The third-order valence-electron chi connectivity index (χ3n) is 9.42. The fourth-order valence-corrected chi connectivity index (χ4v) is 7.84. The van der Waals surface area contributed by atoms with Crippen LogP contribution in [0, 0.1) is 33.5 Å². The second-order valence-corrected chi connectivity index (χ2v) is 20.7. The maximum Gasteiger partial charge on any atom is 0.220 e. The molecule has 2 aliphatic rings. The molecule has 2 aliphatic heterocycles. The lowest BCUT2D eigenvalue weighted by Crippen LogP contribution is -2.41. The van der Waals surface area contributed by atoms with Crippen molar-refractivity contribution in [3.63, 3.8) is 0 Å². The van der Waals surface area contributed by atoms with Gasteiger partial charge >= 0.3 is 0 Å². The molecule has 4 N–H and O–H groups in total. The molecule has 2 heterocycles. The van der Waals surface area contributed by atoms with E-state index in [2.05, 4.69) is 93.7 Å². The van der Waals surface area contributed by atoms with E-state index in [1.807, 2.05) is 13.8 Å². The van der Waals surface area contributed by atoms with Crippen LogP contribution in [0.15, 0.2) is 0 Å². The average molecular weight is 729 g/mol. The highest BCUT2D eigenvalue weighted by atomic mass is 16.8. The predicted molar refractivity (Wildman–Crippen MR) is 205 cm³/mol. The minimum Gasteiger partial charge on any atom is -0.396 e. The predicted octanol–water partition coefficient (Wildman–Crippen LogP) is 7.38. The van der Waals surface area contributed by atoms with Gasteiger partial charge in [0.2, 0.25) is 11.8 Å². The number of aliphatic hydroxyl groups is 2. The number of aliphatic hydroxyl groups excluding tert-OH is 1. The summed E-state index contributed by atoms with van der Waals surface area (Å²) in [5.41, 5.74) is -0.234. The summed E-state index contributed by atoms with van der Waals surface area (Å²) in [5.74, 6) is -1.28. The zero-order valence-electron chi connectivity index (χ0n) is 35.6. The van der Waals surface area contributed by atoms with Crippen molar-refractivity contribution in [2.75, 3.05) is 32.9 Å². The minimum absolute atomic E-state index is 0.0226. The number of carbonyl (C=O) groups is 2. The van der Waals surface area contributed by atoms with Crippen LogP contribution in [-0.4, -0.2) is 84.3 Å². The molecular formula is C41H80N2O8. The van der Waals surface area contributed by atoms with Gasteiger partial charge in [0, 0.05) is 51.3 Å². The lowest BCUT2D eigenvalue weighted by atomic mass is 9.76. The van der Waals surface area contributed by atoms with E-state index < -0.39 is 17.2 Å². The largest absolute Gasteiger partial charge is 0.396 e. The molecule has 51 heavy (non-hydrogen) atoms. The first kappa shape index (κ1) is 47.7. The Morgan fingerprint density at radius 2 is 1.06 bits per heavy atom. The van der Waals surface area contributed by atoms with Crippen molar-refractivity contribution < 1.29 is 38.7 Å². The Bertz CT molecular complexity index is 999. The van der Waals surface area contributed by atoms with E-state index in [1.54, 1.807) is 13.8 Å². The van der Waals surface area contributed by atoms with Gasteiger partial charge < -0.3 is 39.8 Å². The van der Waals surface area contributed by atoms with Crippen molar-refractivity contribution in [3.8, 4) is 0 Å². The highest BCUT2D eigenvalue weighted by Gasteiger charge is 2.49. The third-order valence-corrected chi connectivity index (χ3v) is 9.42. The molecule has 0 spiro atoms. The number of ether oxygens (including phenoxy) is 4. The molecule has 0 radical (unpaired) electrons. The number of carbonyl (C=O) groups excluding carboxylic acids is 2. The Balaban J connectivity index is 0.00000167. The molecule has 0 aromatic rings. The Morgan fingerprint density at radius 1 is 0.706 bits per heavy atom. The molecule has 2 saturated heterocycles. The number of rotatable bonds is 17. The number of hydrogen-bond donors (Lipinski definition) is 4. The van der Waals surface area contributed by atoms with Crippen molar-refractivity contribution in [2.45, 2.75) is 185 Å². The summed E-state index contributed by atoms with van der Waals surface area (Å²) >= 11 is 0. The Labute approximate surface area is 312 Å². The molecule has 302 valence electrons. The van der Waals surface area contributed by atoms with Gasteiger partial charge in [-0.1, -0.05) is 83.1 Å². The first-order valence-corrected chi connectivity index (χ1v) is 19.4. The zero-order chi connectivity index (χ0) is 39.7. The molecule has 2 rings (SSSR count). The van der Waals surface area contributed by atoms with Gasteiger partial charge in [0.1, 0.15) is 0 Å². The Hall–Kier alpha value is -1.30. The molecule has 4 unspecified atom stereocenters. The van der Waals surface area contributed by atoms with Crippen molar-refractivity contribution in [1.82, 2.24) is 10.6 Å². The van der Waals surface area contributed by atoms with Gasteiger partial charge in [-0.05, 0) is 74.5 Å². The number of nitrogens with one attached hydrogen (secondary N) is 2. The van der Waals surface area contributed by atoms with Crippen LogP contribution in [0.3, 0.4) is 0 Å². The van der Waals surface area contributed by atoms with Gasteiger partial charge in [-0.15, -0.1) is 0 Å². The molecular weight excluding hydrogens is 648 g/mol. The van der Waals surface area contributed by atoms with Crippen LogP contribution in [0.2, 0.25) is 0 Å². The fraction of sp³-hybridized carbons (Fsp3) is 0.951. The van der Waals surface area contributed by atoms with E-state index in [0.717, 1.165) is 12.8 Å². The highest BCUT2D eigenvalue weighted by Crippen LogP contribution is 2.40. The minimum atomic E-state index is -0.822. The zero-order valence-corrected chi connectivity index (χ0v) is 35.6. The van der Waals surface area contributed by atoms with Crippen molar-refractivity contribution in [2.24, 2.45) is 33.5 Å². The second kappa shape index (κ2) is 18.8. The number of hydrogen-bond acceptors (Lipinski definition) is 8. The molecule has 0 saturated carbocycles. The van der Waals surface area contributed by atoms with Crippen LogP contribution >= 0.6 is 0 Å². The van der Waals surface area contributed by atoms with Gasteiger partial charge in [-0.3, -0.25) is 9.59 Å². The standard InChI is InChI=1S/C36H68N2O6.C5H12O2/c1-25(2)30(26-19-41-35(13,43-26)17-15-28(39)37-23-33(9,10)21-31(3,4)5)27-20-42-36(14,44-27)18-16-29(40)38-24-34(11,12)22-32(6,7)8;1-5(2,7)3-4-6/h25-27,30H,15-24H2,1-14H3,(H,37,39)(H,38,40);6-7H,3-4H2,1-2H3. The normalized spacial score (nSPS) is 25.4. The van der Waals surface area contributed by atoms with Crippen molar-refractivity contribution in [1.29, 1.82) is 0 Å². The van der Waals surface area contributed by atoms with E-state index in [9.17, 15) is 9.59 Å². The Morgan fingerprint density at radius 3 is 1.31 bits per heavy atom. The summed E-state index contributed by atoms with van der Waals surface area (Å²) < 4.78 is 25.4. The van der Waals surface area contributed by atoms with Crippen LogP contribution in [0.5, 0.6) is 0 Å². The van der Waals surface area contributed by atoms with Gasteiger partial charge in [-0.25, -0.2) is 0 Å². The van der Waals surface area contributed by atoms with E-state index in [0.29, 0.717) is 58.4 Å². The molecule has 10 heteroatoms. The average Bonchev–Trinajstić information content (AvgIpc) is 3.49. The van der Waals surface area contributed by atoms with Crippen LogP contribution < -0.4 is 10.6 Å². The molecule has 0 aromatic carbocycles. The quantitative estimate of drug-likeness (QED) is 0.122. The SMILES string of the molecule is CC(C)(O)CCO.CC(C)C(C1COC(C)(CCC(=O)NCC(C)(C)CC(C)(C)C)O1)C1COC(C)(CCC(=O)NCC(C)(C)CC(C)(C)C)O1. The molecule has 2 amide bonds. The molecule has 10 nitrogen and oxygen atoms in total. The van der Waals surface area contributed by atoms with Crippen LogP contribution in [0.25, 0.3) is 0 Å². The van der Waals surface area contributed by atoms with Gasteiger partial charge in [-0.2, -0.15) is 0 Å². The lowest BCUT2D eigenvalue weighted by Gasteiger charge is -2.33. The summed E-state index contributed by atoms with van der Waals surface area (Å²) in [7, 11) is 0. The molecule has 4 atom stereocenters. The van der Waals surface area contributed by atoms with Crippen molar-refractivity contribution >= 4 is 11.8 Å².